The van der Waals surface area contributed by atoms with Gasteiger partial charge in [0, 0.05) is 24.7 Å². The van der Waals surface area contributed by atoms with Crippen LogP contribution in [0.3, 0.4) is 0 Å². The molecule has 29 heavy (non-hydrogen) atoms. The lowest BCUT2D eigenvalue weighted by atomic mass is 10.2. The van der Waals surface area contributed by atoms with Gasteiger partial charge in [-0.3, -0.25) is 4.79 Å². The Morgan fingerprint density at radius 3 is 2.72 bits per heavy atom. The summed E-state index contributed by atoms with van der Waals surface area (Å²) in [6.45, 7) is 3.32. The number of hydrogen-bond donors (Lipinski definition) is 2. The van der Waals surface area contributed by atoms with Crippen LogP contribution in [0, 0.1) is 6.92 Å². The quantitative estimate of drug-likeness (QED) is 0.828. The summed E-state index contributed by atoms with van der Waals surface area (Å²) in [7, 11) is 1.55. The van der Waals surface area contributed by atoms with Crippen LogP contribution in [0.2, 0.25) is 0 Å². The molecule has 1 saturated heterocycles. The topological polar surface area (TPSA) is 89.1 Å². The number of urea groups is 1. The summed E-state index contributed by atoms with van der Waals surface area (Å²) in [5, 5.41) is 5.66. The normalized spacial score (nSPS) is 17.8. The number of carbonyl (C=O) groups excluding carboxylic acids is 2. The van der Waals surface area contributed by atoms with E-state index in [0.717, 1.165) is 11.3 Å². The van der Waals surface area contributed by atoms with Gasteiger partial charge in [0.25, 0.3) is 0 Å². The Hall–Kier alpha value is -3.42. The minimum atomic E-state index is -0.379. The fraction of sp³-hybridized carbons (Fsp3) is 0.333. The molecule has 0 aromatic heterocycles. The van der Waals surface area contributed by atoms with Gasteiger partial charge in [0.05, 0.1) is 18.8 Å². The van der Waals surface area contributed by atoms with Crippen molar-refractivity contribution in [3.8, 4) is 17.2 Å². The van der Waals surface area contributed by atoms with Crippen molar-refractivity contribution in [3.05, 3.63) is 42.0 Å². The Morgan fingerprint density at radius 2 is 1.93 bits per heavy atom. The maximum atomic E-state index is 12.5. The number of methoxy groups -OCH3 is 1. The van der Waals surface area contributed by atoms with Crippen molar-refractivity contribution in [2.75, 3.05) is 37.1 Å². The van der Waals surface area contributed by atoms with Crippen molar-refractivity contribution in [2.45, 2.75) is 19.4 Å². The first-order valence-corrected chi connectivity index (χ1v) is 9.45. The highest BCUT2D eigenvalue weighted by Gasteiger charge is 2.32. The molecule has 0 bridgehead atoms. The second kappa shape index (κ2) is 7.90. The summed E-state index contributed by atoms with van der Waals surface area (Å²) in [5.41, 5.74) is 2.31. The molecule has 1 atom stereocenters. The zero-order chi connectivity index (χ0) is 20.4. The summed E-state index contributed by atoms with van der Waals surface area (Å²) < 4.78 is 16.4. The monoisotopic (exact) mass is 397 g/mol. The molecule has 8 heteroatoms. The van der Waals surface area contributed by atoms with Gasteiger partial charge in [0.1, 0.15) is 19.0 Å². The molecule has 0 radical (unpaired) electrons. The van der Waals surface area contributed by atoms with E-state index in [0.29, 0.717) is 42.7 Å². The molecular weight excluding hydrogens is 374 g/mol. The second-order valence-corrected chi connectivity index (χ2v) is 7.04. The summed E-state index contributed by atoms with van der Waals surface area (Å²) in [6.07, 6.45) is 0.229. The van der Waals surface area contributed by atoms with E-state index in [1.165, 1.54) is 0 Å². The number of carbonyl (C=O) groups is 2. The fourth-order valence-electron chi connectivity index (χ4n) is 3.52. The first-order valence-electron chi connectivity index (χ1n) is 9.45. The molecule has 0 spiro atoms. The number of fused-ring (bicyclic) bond motifs is 1. The number of anilines is 2. The minimum Gasteiger partial charge on any atom is -0.495 e. The minimum absolute atomic E-state index is 0.0555. The highest BCUT2D eigenvalue weighted by Crippen LogP contribution is 2.35. The molecule has 2 N–H and O–H groups in total. The van der Waals surface area contributed by atoms with E-state index in [4.69, 9.17) is 14.2 Å². The van der Waals surface area contributed by atoms with Gasteiger partial charge in [0.2, 0.25) is 5.91 Å². The number of benzene rings is 2. The van der Waals surface area contributed by atoms with Crippen molar-refractivity contribution in [2.24, 2.45) is 0 Å². The number of aryl methyl sites for hydroxylation is 1. The summed E-state index contributed by atoms with van der Waals surface area (Å²) in [5.74, 6) is 1.82. The van der Waals surface area contributed by atoms with Gasteiger partial charge >= 0.3 is 6.03 Å². The number of hydrogen-bond acceptors (Lipinski definition) is 5. The molecule has 2 aromatic carbocycles. The maximum Gasteiger partial charge on any atom is 0.319 e. The van der Waals surface area contributed by atoms with Gasteiger partial charge in [-0.1, -0.05) is 6.07 Å². The zero-order valence-corrected chi connectivity index (χ0v) is 16.4. The van der Waals surface area contributed by atoms with Gasteiger partial charge in [0.15, 0.2) is 11.5 Å². The van der Waals surface area contributed by atoms with E-state index < -0.39 is 0 Å². The third-order valence-corrected chi connectivity index (χ3v) is 4.90. The molecule has 8 nitrogen and oxygen atoms in total. The highest BCUT2D eigenvalue weighted by molar-refractivity contribution is 5.98. The third kappa shape index (κ3) is 4.06. The van der Waals surface area contributed by atoms with Crippen molar-refractivity contribution in [1.29, 1.82) is 0 Å². The Balaban J connectivity index is 1.41. The number of nitrogens with zero attached hydrogens (tertiary/aromatic N) is 1. The molecular formula is C21H23N3O5. The molecule has 0 saturated carbocycles. The second-order valence-electron chi connectivity index (χ2n) is 7.04. The van der Waals surface area contributed by atoms with Crippen LogP contribution in [-0.4, -0.2) is 44.8 Å². The molecule has 2 aliphatic heterocycles. The van der Waals surface area contributed by atoms with Crippen LogP contribution in [0.5, 0.6) is 17.2 Å². The number of nitrogens with one attached hydrogen (secondary N) is 2. The van der Waals surface area contributed by atoms with E-state index in [9.17, 15) is 9.59 Å². The van der Waals surface area contributed by atoms with E-state index in [1.807, 2.05) is 25.1 Å². The van der Waals surface area contributed by atoms with E-state index >= 15 is 0 Å². The molecule has 3 amide bonds. The van der Waals surface area contributed by atoms with Crippen LogP contribution in [0.1, 0.15) is 12.0 Å². The van der Waals surface area contributed by atoms with Crippen molar-refractivity contribution >= 4 is 23.3 Å². The summed E-state index contributed by atoms with van der Waals surface area (Å²) in [6, 6.07) is 10.3. The van der Waals surface area contributed by atoms with E-state index in [1.54, 1.807) is 30.2 Å². The summed E-state index contributed by atoms with van der Waals surface area (Å²) >= 11 is 0. The Labute approximate surface area is 168 Å². The Bertz CT molecular complexity index is 946. The smallest absolute Gasteiger partial charge is 0.319 e. The average Bonchev–Trinajstić information content (AvgIpc) is 3.07. The Morgan fingerprint density at radius 1 is 1.14 bits per heavy atom. The SMILES string of the molecule is COc1ccc(C)cc1NC(=O)N[C@@H]1CC(=O)N(c2ccc3c(c2)OCCO3)C1. The molecule has 2 aromatic rings. The lowest BCUT2D eigenvalue weighted by Crippen LogP contribution is -2.39. The van der Waals surface area contributed by atoms with Crippen LogP contribution in [0.15, 0.2) is 36.4 Å². The standard InChI is InChI=1S/C21H23N3O5/c1-13-3-5-17(27-2)16(9-13)23-21(26)22-14-10-20(25)24(12-14)15-4-6-18-19(11-15)29-8-7-28-18/h3-6,9,11,14H,7-8,10,12H2,1-2H3,(H2,22,23,26)/t14-/m1/s1. The van der Waals surface area contributed by atoms with E-state index in [-0.39, 0.29) is 24.4 Å². The van der Waals surface area contributed by atoms with Crippen molar-refractivity contribution < 1.29 is 23.8 Å². The van der Waals surface area contributed by atoms with Crippen molar-refractivity contribution in [3.63, 3.8) is 0 Å². The third-order valence-electron chi connectivity index (χ3n) is 4.90. The predicted molar refractivity (Wildman–Crippen MR) is 108 cm³/mol. The van der Waals surface area contributed by atoms with Gasteiger partial charge in [-0.2, -0.15) is 0 Å². The maximum absolute atomic E-state index is 12.5. The predicted octanol–water partition coefficient (Wildman–Crippen LogP) is 2.70. The van der Waals surface area contributed by atoms with Crippen LogP contribution in [0.25, 0.3) is 0 Å². The average molecular weight is 397 g/mol. The molecule has 1 fully saturated rings. The molecule has 4 rings (SSSR count). The van der Waals surface area contributed by atoms with Gasteiger partial charge in [-0.15, -0.1) is 0 Å². The van der Waals surface area contributed by atoms with Crippen molar-refractivity contribution in [1.82, 2.24) is 5.32 Å². The Kier molecular flexibility index (Phi) is 5.16. The first-order chi connectivity index (χ1) is 14.0. The molecule has 2 heterocycles. The fourth-order valence-corrected chi connectivity index (χ4v) is 3.52. The van der Waals surface area contributed by atoms with Crippen LogP contribution < -0.4 is 29.7 Å². The molecule has 2 aliphatic rings. The van der Waals surface area contributed by atoms with Gasteiger partial charge in [-0.05, 0) is 36.8 Å². The van der Waals surface area contributed by atoms with Gasteiger partial charge < -0.3 is 29.7 Å². The number of amides is 3. The largest absolute Gasteiger partial charge is 0.495 e. The van der Waals surface area contributed by atoms with E-state index in [2.05, 4.69) is 10.6 Å². The molecule has 152 valence electrons. The number of rotatable bonds is 4. The lowest BCUT2D eigenvalue weighted by Gasteiger charge is -2.22. The summed E-state index contributed by atoms with van der Waals surface area (Å²) in [4.78, 5) is 26.6. The highest BCUT2D eigenvalue weighted by atomic mass is 16.6. The molecule has 0 unspecified atom stereocenters. The molecule has 0 aliphatic carbocycles. The lowest BCUT2D eigenvalue weighted by molar-refractivity contribution is -0.117. The number of ether oxygens (including phenoxy) is 3. The van der Waals surface area contributed by atoms with Crippen LogP contribution in [0.4, 0.5) is 16.2 Å². The van der Waals surface area contributed by atoms with Crippen LogP contribution >= 0.6 is 0 Å². The zero-order valence-electron chi connectivity index (χ0n) is 16.4. The van der Waals surface area contributed by atoms with Crippen LogP contribution in [-0.2, 0) is 4.79 Å². The first kappa shape index (κ1) is 18.9. The van der Waals surface area contributed by atoms with Gasteiger partial charge in [-0.25, -0.2) is 4.79 Å².